The lowest BCUT2D eigenvalue weighted by atomic mass is 10.0. The number of thiocarbonyl (C=S) groups is 1. The molecule has 1 aliphatic rings. The summed E-state index contributed by atoms with van der Waals surface area (Å²) in [6.45, 7) is 4.87. The number of likely N-dealkylation sites (tertiary alicyclic amines) is 1. The molecule has 0 unspecified atom stereocenters. The first kappa shape index (κ1) is 16.3. The Bertz CT molecular complexity index is 472. The van der Waals surface area contributed by atoms with Crippen molar-refractivity contribution in [1.29, 1.82) is 0 Å². The summed E-state index contributed by atoms with van der Waals surface area (Å²) in [5.74, 6) is 0.798. The molecule has 1 saturated heterocycles. The first-order valence-corrected chi connectivity index (χ1v) is 8.79. The van der Waals surface area contributed by atoms with Crippen molar-refractivity contribution in [2.24, 2.45) is 0 Å². The Hall–Kier alpha value is -1.07. The number of carbonyl (C=O) groups is 1. The maximum atomic E-state index is 11.9. The van der Waals surface area contributed by atoms with E-state index in [4.69, 9.17) is 12.2 Å². The van der Waals surface area contributed by atoms with Crippen LogP contribution < -0.4 is 5.32 Å². The van der Waals surface area contributed by atoms with Gasteiger partial charge in [0.1, 0.15) is 4.32 Å². The fourth-order valence-corrected chi connectivity index (χ4v) is 3.42. The summed E-state index contributed by atoms with van der Waals surface area (Å²) in [6.07, 6.45) is 2.42. The van der Waals surface area contributed by atoms with Crippen LogP contribution in [0, 0.1) is 0 Å². The molecular weight excluding hydrogens is 300 g/mol. The van der Waals surface area contributed by atoms with Gasteiger partial charge in [-0.3, -0.25) is 4.79 Å². The summed E-state index contributed by atoms with van der Waals surface area (Å²) in [5, 5.41) is 2.99. The molecule has 0 aromatic heterocycles. The molecule has 1 heterocycles. The molecule has 1 aliphatic heterocycles. The third-order valence-electron chi connectivity index (χ3n) is 3.67. The number of amides is 1. The van der Waals surface area contributed by atoms with E-state index in [1.165, 1.54) is 30.2 Å². The van der Waals surface area contributed by atoms with E-state index in [0.717, 1.165) is 17.4 Å². The van der Waals surface area contributed by atoms with Crippen molar-refractivity contribution in [1.82, 2.24) is 10.2 Å². The molecule has 0 spiro atoms. The standard InChI is InChI=1S/C16H22N2OS2/c1-13(14-7-3-2-4-8-14)11-17-15(19)12-21-16(20)18-9-5-6-10-18/h2-4,7-8,13H,5-6,9-12H2,1H3,(H,17,19)/t13-/m1/s1. The maximum Gasteiger partial charge on any atom is 0.230 e. The van der Waals surface area contributed by atoms with Crippen LogP contribution in [0.25, 0.3) is 0 Å². The van der Waals surface area contributed by atoms with Gasteiger partial charge in [0.25, 0.3) is 0 Å². The summed E-state index contributed by atoms with van der Waals surface area (Å²) in [6, 6.07) is 10.2. The molecule has 0 radical (unpaired) electrons. The zero-order valence-electron chi connectivity index (χ0n) is 12.4. The highest BCUT2D eigenvalue weighted by molar-refractivity contribution is 8.23. The molecule has 0 aliphatic carbocycles. The molecular formula is C16H22N2OS2. The van der Waals surface area contributed by atoms with E-state index in [1.54, 1.807) is 0 Å². The van der Waals surface area contributed by atoms with Crippen LogP contribution in [0.3, 0.4) is 0 Å². The van der Waals surface area contributed by atoms with E-state index in [-0.39, 0.29) is 5.91 Å². The van der Waals surface area contributed by atoms with Crippen LogP contribution in [0.15, 0.2) is 30.3 Å². The Morgan fingerprint density at radius 3 is 2.67 bits per heavy atom. The molecule has 0 bridgehead atoms. The first-order valence-electron chi connectivity index (χ1n) is 7.40. The summed E-state index contributed by atoms with van der Waals surface area (Å²) in [5.41, 5.74) is 1.25. The van der Waals surface area contributed by atoms with Crippen molar-refractivity contribution in [3.05, 3.63) is 35.9 Å². The van der Waals surface area contributed by atoms with Gasteiger partial charge in [-0.15, -0.1) is 0 Å². The molecule has 0 saturated carbocycles. The zero-order chi connectivity index (χ0) is 15.1. The predicted octanol–water partition coefficient (Wildman–Crippen LogP) is 3.02. The molecule has 1 fully saturated rings. The number of benzene rings is 1. The predicted molar refractivity (Wildman–Crippen MR) is 93.7 cm³/mol. The highest BCUT2D eigenvalue weighted by Crippen LogP contribution is 2.16. The Kier molecular flexibility index (Phi) is 6.51. The molecule has 1 N–H and O–H groups in total. The van der Waals surface area contributed by atoms with E-state index in [0.29, 0.717) is 18.2 Å². The lowest BCUT2D eigenvalue weighted by Crippen LogP contribution is -2.31. The number of nitrogens with zero attached hydrogens (tertiary/aromatic N) is 1. The number of thioether (sulfide) groups is 1. The molecule has 21 heavy (non-hydrogen) atoms. The summed E-state index contributed by atoms with van der Waals surface area (Å²) >= 11 is 6.83. The topological polar surface area (TPSA) is 32.3 Å². The number of rotatable bonds is 5. The summed E-state index contributed by atoms with van der Waals surface area (Å²) in [7, 11) is 0. The van der Waals surface area contributed by atoms with Crippen LogP contribution >= 0.6 is 24.0 Å². The highest BCUT2D eigenvalue weighted by atomic mass is 32.2. The first-order chi connectivity index (χ1) is 10.2. The minimum Gasteiger partial charge on any atom is -0.358 e. The van der Waals surface area contributed by atoms with E-state index in [9.17, 15) is 4.79 Å². The van der Waals surface area contributed by atoms with Gasteiger partial charge in [0, 0.05) is 19.6 Å². The Labute approximate surface area is 136 Å². The molecule has 1 aromatic rings. The van der Waals surface area contributed by atoms with Gasteiger partial charge in [0.05, 0.1) is 5.75 Å². The monoisotopic (exact) mass is 322 g/mol. The lowest BCUT2D eigenvalue weighted by molar-refractivity contribution is -0.118. The van der Waals surface area contributed by atoms with Gasteiger partial charge in [-0.1, -0.05) is 61.2 Å². The molecule has 114 valence electrons. The Morgan fingerprint density at radius 1 is 1.33 bits per heavy atom. The second-order valence-electron chi connectivity index (χ2n) is 5.36. The van der Waals surface area contributed by atoms with Crippen LogP contribution in [0.2, 0.25) is 0 Å². The normalized spacial score (nSPS) is 15.8. The minimum atomic E-state index is 0.0596. The quantitative estimate of drug-likeness (QED) is 0.845. The van der Waals surface area contributed by atoms with Gasteiger partial charge >= 0.3 is 0 Å². The van der Waals surface area contributed by atoms with Gasteiger partial charge in [-0.05, 0) is 24.3 Å². The van der Waals surface area contributed by atoms with E-state index in [1.807, 2.05) is 18.2 Å². The van der Waals surface area contributed by atoms with E-state index in [2.05, 4.69) is 29.3 Å². The van der Waals surface area contributed by atoms with Crippen molar-refractivity contribution in [2.75, 3.05) is 25.4 Å². The largest absolute Gasteiger partial charge is 0.358 e. The number of nitrogens with one attached hydrogen (secondary N) is 1. The number of carbonyl (C=O) groups excluding carboxylic acids is 1. The molecule has 1 amide bonds. The second kappa shape index (κ2) is 8.39. The Balaban J connectivity index is 1.66. The molecule has 5 heteroatoms. The number of hydrogen-bond acceptors (Lipinski definition) is 3. The minimum absolute atomic E-state index is 0.0596. The third kappa shape index (κ3) is 5.32. The molecule has 1 aromatic carbocycles. The Morgan fingerprint density at radius 2 is 2.00 bits per heavy atom. The van der Waals surface area contributed by atoms with E-state index < -0.39 is 0 Å². The average Bonchev–Trinajstić information content (AvgIpc) is 3.05. The third-order valence-corrected chi connectivity index (χ3v) is 5.19. The van der Waals surface area contributed by atoms with Gasteiger partial charge in [-0.2, -0.15) is 0 Å². The zero-order valence-corrected chi connectivity index (χ0v) is 14.0. The lowest BCUT2D eigenvalue weighted by Gasteiger charge is -2.17. The van der Waals surface area contributed by atoms with Crippen molar-refractivity contribution in [2.45, 2.75) is 25.7 Å². The SMILES string of the molecule is C[C@H](CNC(=O)CSC(=S)N1CCCC1)c1ccccc1. The van der Waals surface area contributed by atoms with Crippen molar-refractivity contribution >= 4 is 34.2 Å². The van der Waals surface area contributed by atoms with Crippen molar-refractivity contribution < 1.29 is 4.79 Å². The number of hydrogen-bond donors (Lipinski definition) is 1. The highest BCUT2D eigenvalue weighted by Gasteiger charge is 2.16. The fraction of sp³-hybridized carbons (Fsp3) is 0.500. The van der Waals surface area contributed by atoms with Gasteiger partial charge in [0.15, 0.2) is 0 Å². The van der Waals surface area contributed by atoms with Crippen LogP contribution in [0.1, 0.15) is 31.2 Å². The van der Waals surface area contributed by atoms with E-state index >= 15 is 0 Å². The summed E-state index contributed by atoms with van der Waals surface area (Å²) in [4.78, 5) is 14.1. The fourth-order valence-electron chi connectivity index (χ4n) is 2.34. The molecule has 3 nitrogen and oxygen atoms in total. The second-order valence-corrected chi connectivity index (χ2v) is 6.97. The van der Waals surface area contributed by atoms with Crippen LogP contribution in [-0.4, -0.2) is 40.5 Å². The summed E-state index contributed by atoms with van der Waals surface area (Å²) < 4.78 is 0.860. The van der Waals surface area contributed by atoms with Gasteiger partial charge in [-0.25, -0.2) is 0 Å². The van der Waals surface area contributed by atoms with Gasteiger partial charge < -0.3 is 10.2 Å². The van der Waals surface area contributed by atoms with Crippen LogP contribution in [-0.2, 0) is 4.79 Å². The smallest absolute Gasteiger partial charge is 0.230 e. The average molecular weight is 322 g/mol. The maximum absolute atomic E-state index is 11.9. The van der Waals surface area contributed by atoms with Crippen LogP contribution in [0.5, 0.6) is 0 Å². The van der Waals surface area contributed by atoms with Crippen molar-refractivity contribution in [3.63, 3.8) is 0 Å². The van der Waals surface area contributed by atoms with Gasteiger partial charge in [0.2, 0.25) is 5.91 Å². The molecule has 2 rings (SSSR count). The van der Waals surface area contributed by atoms with Crippen molar-refractivity contribution in [3.8, 4) is 0 Å². The molecule has 1 atom stereocenters. The van der Waals surface area contributed by atoms with Crippen LogP contribution in [0.4, 0.5) is 0 Å².